The van der Waals surface area contributed by atoms with Crippen molar-refractivity contribution < 1.29 is 4.79 Å². The molecule has 5 nitrogen and oxygen atoms in total. The van der Waals surface area contributed by atoms with E-state index in [1.54, 1.807) is 16.4 Å². The molecule has 2 heterocycles. The van der Waals surface area contributed by atoms with Gasteiger partial charge < -0.3 is 9.80 Å². The van der Waals surface area contributed by atoms with Crippen molar-refractivity contribution in [2.24, 2.45) is 0 Å². The Morgan fingerprint density at radius 2 is 1.43 bits per heavy atom. The second-order valence-corrected chi connectivity index (χ2v) is 10.2. The molecule has 1 amide bonds. The van der Waals surface area contributed by atoms with E-state index in [4.69, 9.17) is 4.37 Å². The van der Waals surface area contributed by atoms with Crippen LogP contribution < -0.4 is 4.90 Å². The van der Waals surface area contributed by atoms with E-state index >= 15 is 0 Å². The van der Waals surface area contributed by atoms with Crippen molar-refractivity contribution in [1.29, 1.82) is 0 Å². The Labute approximate surface area is 211 Å². The molecule has 1 aliphatic heterocycles. The number of anilines is 1. The number of rotatable bonds is 7. The summed E-state index contributed by atoms with van der Waals surface area (Å²) in [5, 5.41) is 1.25. The van der Waals surface area contributed by atoms with E-state index < -0.39 is 5.41 Å². The van der Waals surface area contributed by atoms with Crippen LogP contribution in [0.4, 0.5) is 5.82 Å². The summed E-state index contributed by atoms with van der Waals surface area (Å²) < 4.78 is 5.99. The van der Waals surface area contributed by atoms with Crippen molar-refractivity contribution in [3.8, 4) is 0 Å². The van der Waals surface area contributed by atoms with E-state index in [9.17, 15) is 4.79 Å². The monoisotopic (exact) mass is 484 g/mol. The number of nitrogens with zero attached hydrogens (tertiary/aromatic N) is 4. The quantitative estimate of drug-likeness (QED) is 0.375. The predicted octanol–water partition coefficient (Wildman–Crippen LogP) is 4.88. The summed E-state index contributed by atoms with van der Waals surface area (Å²) in [7, 11) is 3.72. The highest BCUT2D eigenvalue weighted by Gasteiger charge is 2.43. The van der Waals surface area contributed by atoms with Gasteiger partial charge in [0.15, 0.2) is 0 Å². The third-order valence-electron chi connectivity index (χ3n) is 7.14. The van der Waals surface area contributed by atoms with Gasteiger partial charge in [0.2, 0.25) is 5.91 Å². The number of piperazine rings is 1. The normalized spacial score (nSPS) is 14.9. The Morgan fingerprint density at radius 3 is 2.03 bits per heavy atom. The van der Waals surface area contributed by atoms with Gasteiger partial charge in [-0.3, -0.25) is 9.69 Å². The highest BCUT2D eigenvalue weighted by atomic mass is 32.1. The molecule has 35 heavy (non-hydrogen) atoms. The summed E-state index contributed by atoms with van der Waals surface area (Å²) in [5.41, 5.74) is 1.39. The molecular weight excluding hydrogens is 452 g/mol. The van der Waals surface area contributed by atoms with Gasteiger partial charge in [-0.15, -0.1) is 0 Å². The van der Waals surface area contributed by atoms with Crippen LogP contribution in [-0.2, 0) is 10.2 Å². The first kappa shape index (κ1) is 23.5. The van der Waals surface area contributed by atoms with Crippen LogP contribution in [-0.4, -0.2) is 66.9 Å². The average Bonchev–Trinajstić information content (AvgIpc) is 3.35. The third kappa shape index (κ3) is 4.56. The number of benzene rings is 3. The van der Waals surface area contributed by atoms with Gasteiger partial charge in [0.1, 0.15) is 11.2 Å². The van der Waals surface area contributed by atoms with Gasteiger partial charge in [0.05, 0.1) is 4.70 Å². The molecule has 0 aliphatic carbocycles. The molecule has 0 N–H and O–H groups in total. The van der Waals surface area contributed by atoms with E-state index in [0.717, 1.165) is 56.1 Å². The minimum Gasteiger partial charge on any atom is -0.353 e. The number of carbonyl (C=O) groups is 1. The summed E-state index contributed by atoms with van der Waals surface area (Å²) in [6.07, 6.45) is 0.734. The Hall–Kier alpha value is -3.22. The number of aromatic nitrogens is 1. The Balaban J connectivity index is 1.37. The van der Waals surface area contributed by atoms with Gasteiger partial charge in [-0.05, 0) is 47.8 Å². The summed E-state index contributed by atoms with van der Waals surface area (Å²) in [5.74, 6) is 1.23. The topological polar surface area (TPSA) is 39.7 Å². The lowest BCUT2D eigenvalue weighted by Crippen LogP contribution is -2.50. The molecule has 3 aromatic carbocycles. The molecule has 1 aromatic heterocycles. The Bertz CT molecular complexity index is 1220. The van der Waals surface area contributed by atoms with Crippen molar-refractivity contribution in [3.63, 3.8) is 0 Å². The van der Waals surface area contributed by atoms with E-state index in [1.807, 2.05) is 50.5 Å². The van der Waals surface area contributed by atoms with Gasteiger partial charge in [-0.1, -0.05) is 72.8 Å². The maximum Gasteiger partial charge on any atom is 0.237 e. The van der Waals surface area contributed by atoms with Gasteiger partial charge in [-0.25, -0.2) is 0 Å². The first-order valence-electron chi connectivity index (χ1n) is 12.2. The predicted molar refractivity (Wildman–Crippen MR) is 145 cm³/mol. The number of amides is 1. The molecule has 0 atom stereocenters. The molecule has 0 spiro atoms. The van der Waals surface area contributed by atoms with Crippen LogP contribution in [0.2, 0.25) is 0 Å². The minimum atomic E-state index is -0.714. The number of fused-ring (bicyclic) bond motifs is 1. The van der Waals surface area contributed by atoms with Crippen molar-refractivity contribution in [2.45, 2.75) is 11.8 Å². The largest absolute Gasteiger partial charge is 0.353 e. The van der Waals surface area contributed by atoms with E-state index in [0.29, 0.717) is 0 Å². The van der Waals surface area contributed by atoms with Crippen LogP contribution in [0.5, 0.6) is 0 Å². The number of hydrogen-bond donors (Lipinski definition) is 0. The highest BCUT2D eigenvalue weighted by molar-refractivity contribution is 7.13. The smallest absolute Gasteiger partial charge is 0.237 e. The first-order chi connectivity index (χ1) is 17.1. The van der Waals surface area contributed by atoms with Crippen molar-refractivity contribution in [3.05, 3.63) is 96.1 Å². The highest BCUT2D eigenvalue weighted by Crippen LogP contribution is 2.38. The van der Waals surface area contributed by atoms with Gasteiger partial charge in [0.25, 0.3) is 0 Å². The molecule has 4 aromatic rings. The van der Waals surface area contributed by atoms with Gasteiger partial charge in [-0.2, -0.15) is 4.37 Å². The van der Waals surface area contributed by atoms with Crippen LogP contribution in [0, 0.1) is 0 Å². The zero-order valence-electron chi connectivity index (χ0n) is 20.4. The zero-order valence-corrected chi connectivity index (χ0v) is 21.2. The van der Waals surface area contributed by atoms with E-state index in [1.165, 1.54) is 10.1 Å². The van der Waals surface area contributed by atoms with Crippen LogP contribution in [0.1, 0.15) is 17.5 Å². The molecule has 1 fully saturated rings. The Kier molecular flexibility index (Phi) is 6.84. The fourth-order valence-corrected chi connectivity index (χ4v) is 6.04. The molecule has 0 bridgehead atoms. The lowest BCUT2D eigenvalue weighted by Gasteiger charge is -2.40. The maximum atomic E-state index is 13.9. The third-order valence-corrected chi connectivity index (χ3v) is 7.95. The summed E-state index contributed by atoms with van der Waals surface area (Å²) in [4.78, 5) is 20.5. The van der Waals surface area contributed by atoms with Crippen LogP contribution in [0.3, 0.4) is 0 Å². The van der Waals surface area contributed by atoms with Gasteiger partial charge >= 0.3 is 0 Å². The summed E-state index contributed by atoms with van der Waals surface area (Å²) in [6.45, 7) is 4.66. The minimum absolute atomic E-state index is 0.127. The molecule has 180 valence electrons. The van der Waals surface area contributed by atoms with Crippen molar-refractivity contribution in [2.75, 3.05) is 51.7 Å². The van der Waals surface area contributed by atoms with E-state index in [-0.39, 0.29) is 5.91 Å². The fourth-order valence-electron chi connectivity index (χ4n) is 5.25. The summed E-state index contributed by atoms with van der Waals surface area (Å²) in [6, 6.07) is 29.0. The molecule has 0 saturated carbocycles. The molecule has 1 aliphatic rings. The zero-order chi connectivity index (χ0) is 24.3. The maximum absolute atomic E-state index is 13.9. The lowest BCUT2D eigenvalue weighted by atomic mass is 9.70. The molecule has 6 heteroatoms. The summed E-state index contributed by atoms with van der Waals surface area (Å²) >= 11 is 1.58. The molecule has 0 radical (unpaired) electrons. The second-order valence-electron chi connectivity index (χ2n) is 9.42. The molecular formula is C29H32N4OS. The van der Waals surface area contributed by atoms with Crippen LogP contribution in [0.25, 0.3) is 10.1 Å². The Morgan fingerprint density at radius 1 is 0.857 bits per heavy atom. The number of hydrogen-bond acceptors (Lipinski definition) is 5. The first-order valence-corrected chi connectivity index (χ1v) is 13.0. The van der Waals surface area contributed by atoms with Gasteiger partial charge in [0, 0.05) is 45.7 Å². The SMILES string of the molecule is CN(C)C(=O)C(CCN1CCN(c2nsc3ccccc23)CC1)(c1ccccc1)c1ccccc1. The van der Waals surface area contributed by atoms with Crippen molar-refractivity contribution >= 4 is 33.3 Å². The van der Waals surface area contributed by atoms with Crippen LogP contribution in [0.15, 0.2) is 84.9 Å². The molecule has 0 unspecified atom stereocenters. The standard InChI is InChI=1S/C29H32N4OS/c1-31(2)28(34)29(23-11-5-3-6-12-23,24-13-7-4-8-14-24)17-18-32-19-21-33(22-20-32)27-25-15-9-10-16-26(25)35-30-27/h3-16H,17-22H2,1-2H3. The molecule has 1 saturated heterocycles. The molecule has 5 rings (SSSR count). The van der Waals surface area contributed by atoms with Crippen molar-refractivity contribution in [1.82, 2.24) is 14.2 Å². The second kappa shape index (κ2) is 10.2. The van der Waals surface area contributed by atoms with Crippen LogP contribution >= 0.6 is 11.5 Å². The number of carbonyl (C=O) groups excluding carboxylic acids is 1. The fraction of sp³-hybridized carbons (Fsp3) is 0.310. The average molecular weight is 485 g/mol. The number of likely N-dealkylation sites (N-methyl/N-ethyl adjacent to an activating group) is 1. The lowest BCUT2D eigenvalue weighted by molar-refractivity contribution is -0.133. The van der Waals surface area contributed by atoms with E-state index in [2.05, 4.69) is 58.3 Å².